The monoisotopic (exact) mass is 428 g/mol. The van der Waals surface area contributed by atoms with E-state index in [1.54, 1.807) is 0 Å². The van der Waals surface area contributed by atoms with Crippen molar-refractivity contribution in [1.29, 1.82) is 0 Å². The molecule has 3 N–H and O–H groups in total. The summed E-state index contributed by atoms with van der Waals surface area (Å²) in [4.78, 5) is 0. The Labute approximate surface area is 189 Å². The van der Waals surface area contributed by atoms with E-state index in [0.717, 1.165) is 17.6 Å². The predicted molar refractivity (Wildman–Crippen MR) is 128 cm³/mol. The van der Waals surface area contributed by atoms with Crippen LogP contribution in [0.4, 0.5) is 0 Å². The lowest BCUT2D eigenvalue weighted by Gasteiger charge is -2.44. The van der Waals surface area contributed by atoms with Crippen molar-refractivity contribution in [1.82, 2.24) is 0 Å². The molecule has 3 aliphatic carbocycles. The molecule has 0 aromatic rings. The van der Waals surface area contributed by atoms with Crippen LogP contribution in [0.2, 0.25) is 0 Å². The number of rotatable bonds is 5. The van der Waals surface area contributed by atoms with Gasteiger partial charge < -0.3 is 15.3 Å². The van der Waals surface area contributed by atoms with E-state index in [9.17, 15) is 15.3 Å². The second-order valence-corrected chi connectivity index (χ2v) is 11.4. The highest BCUT2D eigenvalue weighted by Gasteiger charge is 2.50. The minimum atomic E-state index is -0.684. The molecule has 0 saturated heterocycles. The smallest absolute Gasteiger partial charge is 0.0811 e. The average molecular weight is 429 g/mol. The molecule has 0 unspecified atom stereocenters. The zero-order valence-electron chi connectivity index (χ0n) is 20.3. The van der Waals surface area contributed by atoms with Gasteiger partial charge in [-0.05, 0) is 86.7 Å². The molecule has 174 valence electrons. The molecule has 0 amide bonds. The van der Waals surface area contributed by atoms with E-state index in [1.807, 2.05) is 13.8 Å². The predicted octanol–water partition coefficient (Wildman–Crippen LogP) is 5.73. The molecule has 3 aliphatic rings. The Morgan fingerprint density at radius 2 is 1.84 bits per heavy atom. The highest BCUT2D eigenvalue weighted by molar-refractivity contribution is 5.38. The fourth-order valence-corrected chi connectivity index (χ4v) is 6.32. The van der Waals surface area contributed by atoms with Crippen molar-refractivity contribution in [2.45, 2.75) is 97.4 Å². The molecule has 0 aromatic carbocycles. The van der Waals surface area contributed by atoms with Crippen molar-refractivity contribution >= 4 is 0 Å². The van der Waals surface area contributed by atoms with Gasteiger partial charge in [-0.15, -0.1) is 0 Å². The molecular formula is C28H44O3. The number of hydrogen-bond acceptors (Lipinski definition) is 3. The lowest BCUT2D eigenvalue weighted by Crippen LogP contribution is -2.35. The Morgan fingerprint density at radius 1 is 1.13 bits per heavy atom. The van der Waals surface area contributed by atoms with Crippen molar-refractivity contribution in [3.8, 4) is 0 Å². The van der Waals surface area contributed by atoms with Crippen LogP contribution in [0.15, 0.2) is 47.6 Å². The van der Waals surface area contributed by atoms with Crippen molar-refractivity contribution in [2.75, 3.05) is 0 Å². The summed E-state index contributed by atoms with van der Waals surface area (Å²) in [5, 5.41) is 30.4. The van der Waals surface area contributed by atoms with Gasteiger partial charge in [-0.3, -0.25) is 0 Å². The molecule has 7 atom stereocenters. The first-order valence-electron chi connectivity index (χ1n) is 12.3. The van der Waals surface area contributed by atoms with Gasteiger partial charge in [-0.25, -0.2) is 0 Å². The molecule has 0 aromatic heterocycles. The van der Waals surface area contributed by atoms with Crippen LogP contribution in [0, 0.1) is 29.1 Å². The van der Waals surface area contributed by atoms with Crippen LogP contribution in [-0.4, -0.2) is 33.1 Å². The third-order valence-electron chi connectivity index (χ3n) is 8.75. The van der Waals surface area contributed by atoms with E-state index in [0.29, 0.717) is 36.0 Å². The van der Waals surface area contributed by atoms with Crippen LogP contribution in [-0.2, 0) is 0 Å². The number of hydrogen-bond donors (Lipinski definition) is 3. The van der Waals surface area contributed by atoms with Gasteiger partial charge in [-0.1, -0.05) is 57.2 Å². The maximum atomic E-state index is 10.3. The molecule has 3 saturated carbocycles. The zero-order valence-corrected chi connectivity index (χ0v) is 20.3. The summed E-state index contributed by atoms with van der Waals surface area (Å²) in [6.45, 7) is 14.7. The highest BCUT2D eigenvalue weighted by atomic mass is 16.3. The molecular weight excluding hydrogens is 384 g/mol. The first-order chi connectivity index (χ1) is 14.4. The molecule has 0 radical (unpaired) electrons. The molecule has 0 heterocycles. The van der Waals surface area contributed by atoms with Gasteiger partial charge in [0.05, 0.1) is 17.8 Å². The van der Waals surface area contributed by atoms with Gasteiger partial charge in [0.15, 0.2) is 0 Å². The zero-order chi connectivity index (χ0) is 23.0. The number of aliphatic hydroxyl groups is 3. The minimum Gasteiger partial charge on any atom is -0.393 e. The molecule has 3 rings (SSSR count). The van der Waals surface area contributed by atoms with E-state index in [2.05, 4.69) is 51.7 Å². The van der Waals surface area contributed by atoms with Gasteiger partial charge in [-0.2, -0.15) is 0 Å². The number of fused-ring (bicyclic) bond motifs is 1. The molecule has 3 heteroatoms. The summed E-state index contributed by atoms with van der Waals surface area (Å²) in [5.41, 5.74) is 2.93. The summed E-state index contributed by atoms with van der Waals surface area (Å²) >= 11 is 0. The normalized spacial score (nSPS) is 39.3. The number of aliphatic hydroxyl groups excluding tert-OH is 2. The third kappa shape index (κ3) is 5.26. The van der Waals surface area contributed by atoms with E-state index >= 15 is 0 Å². The van der Waals surface area contributed by atoms with E-state index < -0.39 is 17.8 Å². The van der Waals surface area contributed by atoms with Gasteiger partial charge in [0, 0.05) is 12.3 Å². The molecule has 31 heavy (non-hydrogen) atoms. The van der Waals surface area contributed by atoms with Crippen LogP contribution >= 0.6 is 0 Å². The summed E-state index contributed by atoms with van der Waals surface area (Å²) in [6.07, 6.45) is 15.0. The lowest BCUT2D eigenvalue weighted by molar-refractivity contribution is 0.0436. The highest BCUT2D eigenvalue weighted by Crippen LogP contribution is 2.59. The summed E-state index contributed by atoms with van der Waals surface area (Å²) < 4.78 is 0. The first kappa shape index (κ1) is 24.5. The summed E-state index contributed by atoms with van der Waals surface area (Å²) in [5.74, 6) is 1.91. The summed E-state index contributed by atoms with van der Waals surface area (Å²) in [7, 11) is 0. The van der Waals surface area contributed by atoms with Crippen LogP contribution in [0.5, 0.6) is 0 Å². The Bertz CT molecular complexity index is 753. The molecule has 0 aliphatic heterocycles. The van der Waals surface area contributed by atoms with Gasteiger partial charge in [0.1, 0.15) is 0 Å². The second kappa shape index (κ2) is 9.37. The van der Waals surface area contributed by atoms with Gasteiger partial charge in [0.2, 0.25) is 0 Å². The van der Waals surface area contributed by atoms with Crippen LogP contribution in [0.1, 0.15) is 79.6 Å². The van der Waals surface area contributed by atoms with Crippen molar-refractivity contribution in [2.24, 2.45) is 29.1 Å². The quantitative estimate of drug-likeness (QED) is 0.490. The summed E-state index contributed by atoms with van der Waals surface area (Å²) in [6, 6.07) is 0. The van der Waals surface area contributed by atoms with Gasteiger partial charge in [0.25, 0.3) is 0 Å². The largest absolute Gasteiger partial charge is 0.393 e. The van der Waals surface area contributed by atoms with Crippen molar-refractivity contribution in [3.63, 3.8) is 0 Å². The molecule has 0 spiro atoms. The Kier molecular flexibility index (Phi) is 7.40. The number of allylic oxidation sites excluding steroid dienone is 4. The van der Waals surface area contributed by atoms with Crippen molar-refractivity contribution in [3.05, 3.63) is 47.6 Å². The maximum Gasteiger partial charge on any atom is 0.0811 e. The maximum absolute atomic E-state index is 10.3. The topological polar surface area (TPSA) is 60.7 Å². The fraction of sp³-hybridized carbons (Fsp3) is 0.714. The van der Waals surface area contributed by atoms with Crippen molar-refractivity contribution < 1.29 is 15.3 Å². The SMILES string of the molecule is C=C1C(=CC=C2CCC[C@]3(C)[C@@H]([C@H](C)C=C[C@H](C)C(C)(C)O)CC[C@@H]23)C[C@@H](O)C[C@@H]1O. The fourth-order valence-electron chi connectivity index (χ4n) is 6.32. The molecule has 3 nitrogen and oxygen atoms in total. The third-order valence-corrected chi connectivity index (χ3v) is 8.75. The molecule has 0 bridgehead atoms. The van der Waals surface area contributed by atoms with E-state index in [-0.39, 0.29) is 5.92 Å². The Balaban J connectivity index is 1.76. The van der Waals surface area contributed by atoms with Gasteiger partial charge >= 0.3 is 0 Å². The first-order valence-corrected chi connectivity index (χ1v) is 12.3. The molecule has 3 fully saturated rings. The minimum absolute atomic E-state index is 0.141. The standard InChI is InChI=1S/C28H44O3/c1-18(9-10-19(2)27(4,5)31)24-13-14-25-21(8-7-15-28(24,25)6)11-12-22-16-23(29)17-26(30)20(22)3/h9-12,18-19,23-26,29-31H,3,7-8,13-17H2,1-2,4-6H3/t18-,19+,23-,24-,25+,26+,28-/m1/s1. The Hall–Kier alpha value is -1.16. The van der Waals surface area contributed by atoms with Crippen LogP contribution < -0.4 is 0 Å². The van der Waals surface area contributed by atoms with Crippen LogP contribution in [0.25, 0.3) is 0 Å². The van der Waals surface area contributed by atoms with Crippen LogP contribution in [0.3, 0.4) is 0 Å². The average Bonchev–Trinajstić information content (AvgIpc) is 3.04. The van der Waals surface area contributed by atoms with E-state index in [4.69, 9.17) is 0 Å². The second-order valence-electron chi connectivity index (χ2n) is 11.4. The lowest BCUT2D eigenvalue weighted by atomic mass is 9.61. The van der Waals surface area contributed by atoms with E-state index in [1.165, 1.54) is 31.3 Å². The Morgan fingerprint density at radius 3 is 2.52 bits per heavy atom.